The Morgan fingerprint density at radius 3 is 2.63 bits per heavy atom. The number of rotatable bonds is 10. The zero-order chi connectivity index (χ0) is 25.0. The van der Waals surface area contributed by atoms with Crippen LogP contribution in [0.25, 0.3) is 16.9 Å². The van der Waals surface area contributed by atoms with Crippen LogP contribution < -0.4 is 10.0 Å². The van der Waals surface area contributed by atoms with Gasteiger partial charge in [-0.15, -0.1) is 0 Å². The van der Waals surface area contributed by atoms with Gasteiger partial charge < -0.3 is 10.4 Å². The van der Waals surface area contributed by atoms with Crippen LogP contribution in [-0.4, -0.2) is 41.2 Å². The van der Waals surface area contributed by atoms with Gasteiger partial charge >= 0.3 is 0 Å². The maximum atomic E-state index is 14.2. The second kappa shape index (κ2) is 10.7. The number of halogens is 2. The number of nitrogens with zero attached hydrogens (tertiary/aromatic N) is 3. The topological polar surface area (TPSA) is 109 Å². The highest BCUT2D eigenvalue weighted by molar-refractivity contribution is 9.10. The highest BCUT2D eigenvalue weighted by atomic mass is 79.9. The second-order valence-corrected chi connectivity index (χ2v) is 10.5. The first-order valence-electron chi connectivity index (χ1n) is 11.1. The molecule has 4 aromatic rings. The van der Waals surface area contributed by atoms with Crippen molar-refractivity contribution in [2.75, 3.05) is 18.4 Å². The van der Waals surface area contributed by atoms with Crippen molar-refractivity contribution in [2.45, 2.75) is 31.1 Å². The summed E-state index contributed by atoms with van der Waals surface area (Å²) < 4.78 is 43.9. The SMILES string of the molecule is CCc1ccc(S(=O)(=O)NCCCCNc2cc(-c3ccccc3O)nc3c(Br)cnn23)c(F)c1. The van der Waals surface area contributed by atoms with Crippen LogP contribution in [0, 0.1) is 5.82 Å². The minimum atomic E-state index is -3.92. The Hall–Kier alpha value is -3.02. The molecule has 0 radical (unpaired) electrons. The number of hydrogen-bond acceptors (Lipinski definition) is 6. The first-order chi connectivity index (χ1) is 16.8. The number of anilines is 1. The van der Waals surface area contributed by atoms with Crippen molar-refractivity contribution in [3.8, 4) is 17.0 Å². The highest BCUT2D eigenvalue weighted by Gasteiger charge is 2.18. The van der Waals surface area contributed by atoms with E-state index in [9.17, 15) is 17.9 Å². The molecule has 0 aliphatic carbocycles. The average Bonchev–Trinajstić information content (AvgIpc) is 3.22. The molecular weight excluding hydrogens is 537 g/mol. The fraction of sp³-hybridized carbons (Fsp3) is 0.250. The third kappa shape index (κ3) is 5.63. The third-order valence-electron chi connectivity index (χ3n) is 5.50. The molecule has 0 bridgehead atoms. The molecule has 3 N–H and O–H groups in total. The number of hydrogen-bond donors (Lipinski definition) is 3. The molecule has 0 saturated carbocycles. The van der Waals surface area contributed by atoms with Crippen LogP contribution in [-0.2, 0) is 16.4 Å². The van der Waals surface area contributed by atoms with E-state index in [0.717, 1.165) is 5.56 Å². The monoisotopic (exact) mass is 561 g/mol. The normalized spacial score (nSPS) is 11.7. The number of nitrogens with one attached hydrogen (secondary N) is 2. The molecule has 0 fully saturated rings. The maximum absolute atomic E-state index is 14.2. The Balaban J connectivity index is 1.38. The van der Waals surface area contributed by atoms with E-state index >= 15 is 0 Å². The summed E-state index contributed by atoms with van der Waals surface area (Å²) >= 11 is 3.45. The molecule has 4 rings (SSSR count). The number of phenols is 1. The molecular formula is C24H25BrFN5O3S. The van der Waals surface area contributed by atoms with E-state index in [1.54, 1.807) is 41.0 Å². The largest absolute Gasteiger partial charge is 0.507 e. The number of unbranched alkanes of at least 4 members (excludes halogenated alkanes) is 1. The Labute approximate surface area is 211 Å². The van der Waals surface area contributed by atoms with E-state index in [1.807, 2.05) is 13.0 Å². The summed E-state index contributed by atoms with van der Waals surface area (Å²) in [6.07, 6.45) is 3.47. The van der Waals surface area contributed by atoms with Crippen molar-refractivity contribution in [2.24, 2.45) is 0 Å². The molecule has 0 saturated heterocycles. The van der Waals surface area contributed by atoms with Crippen LogP contribution in [0.4, 0.5) is 10.2 Å². The molecule has 0 aliphatic rings. The zero-order valence-corrected chi connectivity index (χ0v) is 21.4. The van der Waals surface area contributed by atoms with E-state index in [-0.39, 0.29) is 17.2 Å². The van der Waals surface area contributed by atoms with Gasteiger partial charge in [0.2, 0.25) is 10.0 Å². The molecule has 0 atom stereocenters. The molecule has 184 valence electrons. The summed E-state index contributed by atoms with van der Waals surface area (Å²) in [6.45, 7) is 2.60. The van der Waals surface area contributed by atoms with Crippen molar-refractivity contribution in [1.29, 1.82) is 0 Å². The van der Waals surface area contributed by atoms with Gasteiger partial charge in [-0.25, -0.2) is 22.5 Å². The predicted octanol–water partition coefficient (Wildman–Crippen LogP) is 4.74. The predicted molar refractivity (Wildman–Crippen MR) is 136 cm³/mol. The minimum Gasteiger partial charge on any atom is -0.507 e. The summed E-state index contributed by atoms with van der Waals surface area (Å²) in [6, 6.07) is 12.9. The summed E-state index contributed by atoms with van der Waals surface area (Å²) in [5, 5.41) is 17.9. The first-order valence-corrected chi connectivity index (χ1v) is 13.4. The van der Waals surface area contributed by atoms with Crippen molar-refractivity contribution < 1.29 is 17.9 Å². The van der Waals surface area contributed by atoms with Gasteiger partial charge in [-0.05, 0) is 65.0 Å². The average molecular weight is 562 g/mol. The van der Waals surface area contributed by atoms with Gasteiger partial charge in [-0.3, -0.25) is 0 Å². The molecule has 0 spiro atoms. The molecule has 0 unspecified atom stereocenters. The van der Waals surface area contributed by atoms with Crippen molar-refractivity contribution in [1.82, 2.24) is 19.3 Å². The lowest BCUT2D eigenvalue weighted by molar-refractivity contribution is 0.477. The molecule has 35 heavy (non-hydrogen) atoms. The van der Waals surface area contributed by atoms with Crippen LogP contribution in [0.5, 0.6) is 5.75 Å². The van der Waals surface area contributed by atoms with E-state index in [0.29, 0.717) is 53.0 Å². The Morgan fingerprint density at radius 2 is 1.89 bits per heavy atom. The number of sulfonamides is 1. The lowest BCUT2D eigenvalue weighted by atomic mass is 10.1. The van der Waals surface area contributed by atoms with Gasteiger partial charge in [0, 0.05) is 24.7 Å². The van der Waals surface area contributed by atoms with Crippen molar-refractivity contribution in [3.63, 3.8) is 0 Å². The molecule has 11 heteroatoms. The van der Waals surface area contributed by atoms with Crippen LogP contribution in [0.2, 0.25) is 0 Å². The highest BCUT2D eigenvalue weighted by Crippen LogP contribution is 2.31. The number of fused-ring (bicyclic) bond motifs is 1. The van der Waals surface area contributed by atoms with Crippen LogP contribution in [0.1, 0.15) is 25.3 Å². The summed E-state index contributed by atoms with van der Waals surface area (Å²) in [7, 11) is -3.92. The molecule has 2 aromatic heterocycles. The van der Waals surface area contributed by atoms with Gasteiger partial charge in [0.25, 0.3) is 0 Å². The third-order valence-corrected chi connectivity index (χ3v) is 7.56. The van der Waals surface area contributed by atoms with E-state index in [2.05, 4.69) is 36.1 Å². The van der Waals surface area contributed by atoms with Gasteiger partial charge in [-0.2, -0.15) is 9.61 Å². The van der Waals surface area contributed by atoms with E-state index in [1.165, 1.54) is 12.1 Å². The Bertz CT molecular complexity index is 1460. The summed E-state index contributed by atoms with van der Waals surface area (Å²) in [5.41, 5.74) is 2.52. The van der Waals surface area contributed by atoms with Gasteiger partial charge in [0.05, 0.1) is 16.4 Å². The van der Waals surface area contributed by atoms with E-state index < -0.39 is 15.8 Å². The van der Waals surface area contributed by atoms with Crippen LogP contribution >= 0.6 is 15.9 Å². The number of aryl methyl sites for hydroxylation is 1. The Morgan fingerprint density at radius 1 is 1.11 bits per heavy atom. The number of benzene rings is 2. The van der Waals surface area contributed by atoms with Gasteiger partial charge in [0.15, 0.2) is 5.65 Å². The molecule has 2 aromatic carbocycles. The van der Waals surface area contributed by atoms with Crippen LogP contribution in [0.15, 0.2) is 64.1 Å². The molecule has 0 amide bonds. The number of aromatic hydroxyl groups is 1. The van der Waals surface area contributed by atoms with Crippen LogP contribution in [0.3, 0.4) is 0 Å². The van der Waals surface area contributed by atoms with Crippen molar-refractivity contribution in [3.05, 3.63) is 70.6 Å². The zero-order valence-electron chi connectivity index (χ0n) is 19.0. The molecule has 2 heterocycles. The Kier molecular flexibility index (Phi) is 7.68. The van der Waals surface area contributed by atoms with E-state index in [4.69, 9.17) is 0 Å². The number of aromatic nitrogens is 3. The quantitative estimate of drug-likeness (QED) is 0.241. The first kappa shape index (κ1) is 25.1. The molecule has 8 nitrogen and oxygen atoms in total. The fourth-order valence-corrected chi connectivity index (χ4v) is 5.10. The summed E-state index contributed by atoms with van der Waals surface area (Å²) in [5.74, 6) is 0.0578. The summed E-state index contributed by atoms with van der Waals surface area (Å²) in [4.78, 5) is 4.26. The van der Waals surface area contributed by atoms with Gasteiger partial charge in [0.1, 0.15) is 22.3 Å². The van der Waals surface area contributed by atoms with Gasteiger partial charge in [-0.1, -0.05) is 25.1 Å². The number of para-hydroxylation sites is 1. The molecule has 0 aliphatic heterocycles. The lowest BCUT2D eigenvalue weighted by Gasteiger charge is -2.12. The second-order valence-electron chi connectivity index (χ2n) is 7.92. The standard InChI is InChI=1S/C24H25BrFN5O3S/c1-2-16-9-10-22(19(26)13-16)35(33,34)29-12-6-5-11-27-23-14-20(17-7-3-4-8-21(17)32)30-24-18(25)15-28-31(23)24/h3-4,7-10,13-15,27,29,32H,2,5-6,11-12H2,1H3. The minimum absolute atomic E-state index is 0.124. The fourth-order valence-electron chi connectivity index (χ4n) is 3.62. The smallest absolute Gasteiger partial charge is 0.243 e. The number of phenolic OH excluding ortho intramolecular Hbond substituents is 1. The maximum Gasteiger partial charge on any atom is 0.243 e. The lowest BCUT2D eigenvalue weighted by Crippen LogP contribution is -2.26. The van der Waals surface area contributed by atoms with Crippen molar-refractivity contribution >= 4 is 37.4 Å².